The Kier molecular flexibility index (Phi) is 3.29. The summed E-state index contributed by atoms with van der Waals surface area (Å²) in [5.41, 5.74) is 1.16. The average molecular weight is 206 g/mol. The lowest BCUT2D eigenvalue weighted by atomic mass is 10.2. The number of benzene rings is 1. The van der Waals surface area contributed by atoms with Gasteiger partial charge in [-0.3, -0.25) is 5.01 Å². The van der Waals surface area contributed by atoms with Gasteiger partial charge in [0.1, 0.15) is 0 Å². The molecule has 1 aromatic carbocycles. The first-order valence-corrected chi connectivity index (χ1v) is 5.12. The maximum absolute atomic E-state index is 10.2. The van der Waals surface area contributed by atoms with Crippen LogP contribution in [0.3, 0.4) is 0 Å². The molecule has 0 saturated carbocycles. The van der Waals surface area contributed by atoms with E-state index in [1.165, 1.54) is 5.01 Å². The van der Waals surface area contributed by atoms with Crippen molar-refractivity contribution in [2.24, 2.45) is 5.29 Å². The van der Waals surface area contributed by atoms with Gasteiger partial charge in [0.15, 0.2) is 0 Å². The van der Waals surface area contributed by atoms with E-state index in [2.05, 4.69) is 5.29 Å². The molecule has 0 N–H and O–H groups in total. The molecular weight excluding hydrogens is 192 g/mol. The van der Waals surface area contributed by atoms with Crippen LogP contribution in [0.4, 0.5) is 0 Å². The normalized spacial score (nSPS) is 20.5. The Hall–Kier alpha value is -1.42. The highest BCUT2D eigenvalue weighted by atomic mass is 16.5. The second-order valence-corrected chi connectivity index (χ2v) is 3.70. The Morgan fingerprint density at radius 2 is 2.20 bits per heavy atom. The van der Waals surface area contributed by atoms with Crippen LogP contribution in [-0.4, -0.2) is 24.2 Å². The topological polar surface area (TPSA) is 41.9 Å². The molecule has 0 unspecified atom stereocenters. The fourth-order valence-electron chi connectivity index (χ4n) is 1.71. The standard InChI is InChI=1S/C11H14N2O2/c14-12-13-7-6-11(8-13)15-9-10-4-2-1-3-5-10/h1-5,11H,6-9H2/t11-/m1/s1. The van der Waals surface area contributed by atoms with Gasteiger partial charge in [0.2, 0.25) is 0 Å². The van der Waals surface area contributed by atoms with Gasteiger partial charge in [0.25, 0.3) is 0 Å². The van der Waals surface area contributed by atoms with Crippen LogP contribution in [0, 0.1) is 4.91 Å². The zero-order chi connectivity index (χ0) is 10.5. The van der Waals surface area contributed by atoms with E-state index >= 15 is 0 Å². The van der Waals surface area contributed by atoms with Crippen LogP contribution < -0.4 is 0 Å². The van der Waals surface area contributed by atoms with Gasteiger partial charge in [-0.05, 0) is 12.0 Å². The van der Waals surface area contributed by atoms with Crippen LogP contribution in [0.25, 0.3) is 0 Å². The largest absolute Gasteiger partial charge is 0.372 e. The second kappa shape index (κ2) is 4.89. The third-order valence-corrected chi connectivity index (χ3v) is 2.57. The van der Waals surface area contributed by atoms with Crippen molar-refractivity contribution in [3.8, 4) is 0 Å². The molecule has 4 heteroatoms. The van der Waals surface area contributed by atoms with Crippen molar-refractivity contribution < 1.29 is 4.74 Å². The summed E-state index contributed by atoms with van der Waals surface area (Å²) in [5.74, 6) is 0. The molecule has 0 bridgehead atoms. The molecule has 1 heterocycles. The highest BCUT2D eigenvalue weighted by Crippen LogP contribution is 2.14. The van der Waals surface area contributed by atoms with Gasteiger partial charge in [-0.25, -0.2) is 0 Å². The zero-order valence-corrected chi connectivity index (χ0v) is 8.50. The molecule has 1 atom stereocenters. The SMILES string of the molecule is O=NN1CC[C@@H](OCc2ccccc2)C1. The summed E-state index contributed by atoms with van der Waals surface area (Å²) in [4.78, 5) is 10.2. The zero-order valence-electron chi connectivity index (χ0n) is 8.50. The lowest BCUT2D eigenvalue weighted by molar-refractivity contribution is 0.0468. The van der Waals surface area contributed by atoms with Crippen LogP contribution in [-0.2, 0) is 11.3 Å². The lowest BCUT2D eigenvalue weighted by Gasteiger charge is -2.11. The Labute approximate surface area is 88.8 Å². The van der Waals surface area contributed by atoms with Crippen molar-refractivity contribution >= 4 is 0 Å². The van der Waals surface area contributed by atoms with Crippen molar-refractivity contribution in [2.45, 2.75) is 19.1 Å². The third-order valence-electron chi connectivity index (χ3n) is 2.57. The summed E-state index contributed by atoms with van der Waals surface area (Å²) >= 11 is 0. The van der Waals surface area contributed by atoms with Crippen molar-refractivity contribution in [2.75, 3.05) is 13.1 Å². The van der Waals surface area contributed by atoms with E-state index in [-0.39, 0.29) is 6.10 Å². The lowest BCUT2D eigenvalue weighted by Crippen LogP contribution is -2.18. The van der Waals surface area contributed by atoms with E-state index in [0.717, 1.165) is 12.0 Å². The number of ether oxygens (including phenoxy) is 1. The molecule has 1 saturated heterocycles. The molecule has 0 aromatic heterocycles. The van der Waals surface area contributed by atoms with Gasteiger partial charge in [-0.15, -0.1) is 4.91 Å². The number of rotatable bonds is 4. The third kappa shape index (κ3) is 2.76. The smallest absolute Gasteiger partial charge is 0.0789 e. The Morgan fingerprint density at radius 3 is 2.87 bits per heavy atom. The van der Waals surface area contributed by atoms with E-state index in [0.29, 0.717) is 19.7 Å². The summed E-state index contributed by atoms with van der Waals surface area (Å²) in [6.45, 7) is 1.94. The van der Waals surface area contributed by atoms with Gasteiger partial charge in [-0.2, -0.15) is 0 Å². The van der Waals surface area contributed by atoms with E-state index in [1.54, 1.807) is 0 Å². The minimum atomic E-state index is 0.142. The van der Waals surface area contributed by atoms with Crippen LogP contribution in [0.5, 0.6) is 0 Å². The quantitative estimate of drug-likeness (QED) is 0.707. The average Bonchev–Trinajstić information content (AvgIpc) is 2.76. The summed E-state index contributed by atoms with van der Waals surface area (Å²) in [7, 11) is 0. The van der Waals surface area contributed by atoms with Gasteiger partial charge >= 0.3 is 0 Å². The number of hydrogen-bond donors (Lipinski definition) is 0. The predicted octanol–water partition coefficient (Wildman–Crippen LogP) is 1.96. The number of nitroso groups, excluding NO2 is 1. The molecular formula is C11H14N2O2. The van der Waals surface area contributed by atoms with Crippen molar-refractivity contribution in [1.82, 2.24) is 5.01 Å². The van der Waals surface area contributed by atoms with Crippen LogP contribution in [0.1, 0.15) is 12.0 Å². The monoisotopic (exact) mass is 206 g/mol. The summed E-state index contributed by atoms with van der Waals surface area (Å²) in [6, 6.07) is 10.0. The Balaban J connectivity index is 1.77. The molecule has 80 valence electrons. The fourth-order valence-corrected chi connectivity index (χ4v) is 1.71. The molecule has 0 amide bonds. The fraction of sp³-hybridized carbons (Fsp3) is 0.455. The van der Waals surface area contributed by atoms with Crippen molar-refractivity contribution in [3.63, 3.8) is 0 Å². The first-order chi connectivity index (χ1) is 7.38. The molecule has 0 radical (unpaired) electrons. The van der Waals surface area contributed by atoms with Gasteiger partial charge < -0.3 is 4.74 Å². The van der Waals surface area contributed by atoms with Crippen molar-refractivity contribution in [1.29, 1.82) is 0 Å². The van der Waals surface area contributed by atoms with Crippen molar-refractivity contribution in [3.05, 3.63) is 40.8 Å². The molecule has 1 fully saturated rings. The van der Waals surface area contributed by atoms with Gasteiger partial charge in [-0.1, -0.05) is 30.3 Å². The van der Waals surface area contributed by atoms with E-state index in [4.69, 9.17) is 4.74 Å². The molecule has 0 spiro atoms. The predicted molar refractivity (Wildman–Crippen MR) is 57.0 cm³/mol. The molecule has 1 aromatic rings. The summed E-state index contributed by atoms with van der Waals surface area (Å²) in [5, 5.41) is 4.41. The van der Waals surface area contributed by atoms with E-state index in [1.807, 2.05) is 30.3 Å². The molecule has 1 aliphatic heterocycles. The van der Waals surface area contributed by atoms with E-state index < -0.39 is 0 Å². The maximum Gasteiger partial charge on any atom is 0.0789 e. The van der Waals surface area contributed by atoms with Gasteiger partial charge in [0, 0.05) is 6.54 Å². The molecule has 2 rings (SSSR count). The second-order valence-electron chi connectivity index (χ2n) is 3.70. The first kappa shape index (κ1) is 10.1. The maximum atomic E-state index is 10.2. The summed E-state index contributed by atoms with van der Waals surface area (Å²) in [6.07, 6.45) is 1.03. The number of hydrogen-bond acceptors (Lipinski definition) is 3. The summed E-state index contributed by atoms with van der Waals surface area (Å²) < 4.78 is 5.68. The minimum Gasteiger partial charge on any atom is -0.372 e. The highest BCUT2D eigenvalue weighted by Gasteiger charge is 2.22. The minimum absolute atomic E-state index is 0.142. The molecule has 4 nitrogen and oxygen atoms in total. The number of nitrogens with zero attached hydrogens (tertiary/aromatic N) is 2. The van der Waals surface area contributed by atoms with Gasteiger partial charge in [0.05, 0.1) is 24.5 Å². The molecule has 0 aliphatic carbocycles. The highest BCUT2D eigenvalue weighted by molar-refractivity contribution is 5.13. The molecule has 1 aliphatic rings. The Morgan fingerprint density at radius 1 is 1.40 bits per heavy atom. The molecule has 15 heavy (non-hydrogen) atoms. The van der Waals surface area contributed by atoms with Crippen LogP contribution >= 0.6 is 0 Å². The van der Waals surface area contributed by atoms with Crippen LogP contribution in [0.15, 0.2) is 35.6 Å². The first-order valence-electron chi connectivity index (χ1n) is 5.12. The Bertz CT molecular complexity index is 316. The van der Waals surface area contributed by atoms with E-state index in [9.17, 15) is 4.91 Å². The van der Waals surface area contributed by atoms with Crippen LogP contribution in [0.2, 0.25) is 0 Å².